The number of anilines is 1. The van der Waals surface area contributed by atoms with Crippen LogP contribution < -0.4 is 24.3 Å². The van der Waals surface area contributed by atoms with E-state index in [1.54, 1.807) is 50.6 Å². The number of hydrogen-bond acceptors (Lipinski definition) is 8. The molecule has 9 heteroatoms. The standard InChI is InChI=1S/C24H21N3O5S/c1-29-19-7-4-15(11-21(19)30-2)18-6-3-16(13-25)24(27-18)33-14-23(28)26-17-5-8-20-22(12-17)32-10-9-31-20/h3-8,11-12H,9-10,14H2,1-2H3,(H,26,28). The number of benzene rings is 2. The van der Waals surface area contributed by atoms with Gasteiger partial charge in [0.1, 0.15) is 24.3 Å². The number of carbonyl (C=O) groups excluding carboxylic acids is 1. The maximum absolute atomic E-state index is 12.5. The number of fused-ring (bicyclic) bond motifs is 1. The molecule has 0 spiro atoms. The van der Waals surface area contributed by atoms with E-state index in [2.05, 4.69) is 16.4 Å². The third kappa shape index (κ3) is 5.13. The molecule has 2 heterocycles. The van der Waals surface area contributed by atoms with E-state index >= 15 is 0 Å². The van der Waals surface area contributed by atoms with Crippen LogP contribution in [0.4, 0.5) is 5.69 Å². The summed E-state index contributed by atoms with van der Waals surface area (Å²) in [5, 5.41) is 12.8. The Hall–Kier alpha value is -3.90. The van der Waals surface area contributed by atoms with Crippen LogP contribution in [0.5, 0.6) is 23.0 Å². The molecule has 8 nitrogen and oxygen atoms in total. The molecule has 0 unspecified atom stereocenters. The van der Waals surface area contributed by atoms with Gasteiger partial charge < -0.3 is 24.3 Å². The van der Waals surface area contributed by atoms with Crippen LogP contribution in [0.15, 0.2) is 53.6 Å². The van der Waals surface area contributed by atoms with Crippen molar-refractivity contribution in [3.63, 3.8) is 0 Å². The Balaban J connectivity index is 1.47. The third-order valence-corrected chi connectivity index (χ3v) is 5.82. The van der Waals surface area contributed by atoms with Gasteiger partial charge in [-0.25, -0.2) is 4.98 Å². The first kappa shape index (κ1) is 22.3. The van der Waals surface area contributed by atoms with Crippen LogP contribution in [0, 0.1) is 11.3 Å². The minimum absolute atomic E-state index is 0.0888. The zero-order valence-electron chi connectivity index (χ0n) is 18.1. The Kier molecular flexibility index (Phi) is 6.86. The lowest BCUT2D eigenvalue weighted by molar-refractivity contribution is -0.113. The Labute approximate surface area is 195 Å². The zero-order chi connectivity index (χ0) is 23.2. The summed E-state index contributed by atoms with van der Waals surface area (Å²) in [5.41, 5.74) is 2.47. The summed E-state index contributed by atoms with van der Waals surface area (Å²) >= 11 is 1.20. The summed E-state index contributed by atoms with van der Waals surface area (Å²) in [5.74, 6) is 2.31. The number of nitriles is 1. The van der Waals surface area contributed by atoms with Crippen molar-refractivity contribution in [2.24, 2.45) is 0 Å². The summed E-state index contributed by atoms with van der Waals surface area (Å²) in [6.07, 6.45) is 0. The average molecular weight is 464 g/mol. The fourth-order valence-corrected chi connectivity index (χ4v) is 4.02. The number of aromatic nitrogens is 1. The van der Waals surface area contributed by atoms with Crippen LogP contribution in [-0.2, 0) is 4.79 Å². The predicted octanol–water partition coefficient (Wildman–Crippen LogP) is 4.14. The lowest BCUT2D eigenvalue weighted by Crippen LogP contribution is -2.17. The van der Waals surface area contributed by atoms with E-state index in [0.29, 0.717) is 58.2 Å². The van der Waals surface area contributed by atoms with Crippen molar-refractivity contribution >= 4 is 23.4 Å². The van der Waals surface area contributed by atoms with Gasteiger partial charge in [0.25, 0.3) is 0 Å². The summed E-state index contributed by atoms with van der Waals surface area (Å²) in [7, 11) is 3.14. The van der Waals surface area contributed by atoms with E-state index in [9.17, 15) is 10.1 Å². The van der Waals surface area contributed by atoms with Crippen molar-refractivity contribution < 1.29 is 23.7 Å². The Bertz CT molecular complexity index is 1230. The normalized spacial score (nSPS) is 11.9. The molecule has 0 radical (unpaired) electrons. The smallest absolute Gasteiger partial charge is 0.234 e. The van der Waals surface area contributed by atoms with Crippen molar-refractivity contribution in [3.05, 3.63) is 54.1 Å². The zero-order valence-corrected chi connectivity index (χ0v) is 18.9. The van der Waals surface area contributed by atoms with Gasteiger partial charge in [0, 0.05) is 17.3 Å². The molecule has 1 aliphatic rings. The molecule has 1 amide bonds. The largest absolute Gasteiger partial charge is 0.493 e. The summed E-state index contributed by atoms with van der Waals surface area (Å²) in [6, 6.07) is 16.3. The number of nitrogens with one attached hydrogen (secondary N) is 1. The summed E-state index contributed by atoms with van der Waals surface area (Å²) < 4.78 is 21.7. The second-order valence-corrected chi connectivity index (χ2v) is 7.89. The number of thioether (sulfide) groups is 1. The lowest BCUT2D eigenvalue weighted by Gasteiger charge is -2.19. The molecule has 33 heavy (non-hydrogen) atoms. The number of rotatable bonds is 7. The molecule has 0 saturated carbocycles. The third-order valence-electron chi connectivity index (χ3n) is 4.83. The van der Waals surface area contributed by atoms with Gasteiger partial charge in [0.05, 0.1) is 31.2 Å². The molecule has 168 valence electrons. The van der Waals surface area contributed by atoms with E-state index in [1.807, 2.05) is 12.1 Å². The van der Waals surface area contributed by atoms with Gasteiger partial charge in [-0.3, -0.25) is 4.79 Å². The van der Waals surface area contributed by atoms with E-state index < -0.39 is 0 Å². The molecule has 0 aliphatic carbocycles. The maximum Gasteiger partial charge on any atom is 0.234 e. The van der Waals surface area contributed by atoms with Crippen LogP contribution in [0.3, 0.4) is 0 Å². The number of methoxy groups -OCH3 is 2. The molecule has 0 saturated heterocycles. The van der Waals surface area contributed by atoms with Gasteiger partial charge >= 0.3 is 0 Å². The minimum Gasteiger partial charge on any atom is -0.493 e. The second kappa shape index (κ2) is 10.1. The molecule has 0 fully saturated rings. The highest BCUT2D eigenvalue weighted by Crippen LogP contribution is 2.34. The van der Waals surface area contributed by atoms with Crippen molar-refractivity contribution in [2.75, 3.05) is 38.5 Å². The lowest BCUT2D eigenvalue weighted by atomic mass is 10.1. The minimum atomic E-state index is -0.223. The summed E-state index contributed by atoms with van der Waals surface area (Å²) in [6.45, 7) is 0.977. The number of carbonyl (C=O) groups is 1. The van der Waals surface area contributed by atoms with Crippen molar-refractivity contribution in [3.8, 4) is 40.3 Å². The van der Waals surface area contributed by atoms with Crippen LogP contribution in [0.1, 0.15) is 5.56 Å². The number of nitrogens with zero attached hydrogens (tertiary/aromatic N) is 2. The molecule has 1 N–H and O–H groups in total. The molecule has 2 aromatic carbocycles. The van der Waals surface area contributed by atoms with E-state index in [0.717, 1.165) is 5.56 Å². The Morgan fingerprint density at radius 3 is 2.61 bits per heavy atom. The molecule has 3 aromatic rings. The maximum atomic E-state index is 12.5. The van der Waals surface area contributed by atoms with Gasteiger partial charge in [0.2, 0.25) is 5.91 Å². The van der Waals surface area contributed by atoms with Crippen LogP contribution in [0.25, 0.3) is 11.3 Å². The SMILES string of the molecule is COc1ccc(-c2ccc(C#N)c(SCC(=O)Nc3ccc4c(c3)OCCO4)n2)cc1OC. The second-order valence-electron chi connectivity index (χ2n) is 6.93. The first-order chi connectivity index (χ1) is 16.1. The highest BCUT2D eigenvalue weighted by atomic mass is 32.2. The van der Waals surface area contributed by atoms with Gasteiger partial charge in [-0.1, -0.05) is 11.8 Å². The van der Waals surface area contributed by atoms with E-state index in [-0.39, 0.29) is 11.7 Å². The Morgan fingerprint density at radius 1 is 1.06 bits per heavy atom. The Morgan fingerprint density at radius 2 is 1.85 bits per heavy atom. The highest BCUT2D eigenvalue weighted by molar-refractivity contribution is 8.00. The van der Waals surface area contributed by atoms with Gasteiger partial charge in [0.15, 0.2) is 23.0 Å². The van der Waals surface area contributed by atoms with Gasteiger partial charge in [-0.15, -0.1) is 0 Å². The molecule has 0 atom stereocenters. The fourth-order valence-electron chi connectivity index (χ4n) is 3.24. The molecule has 1 aliphatic heterocycles. The van der Waals surface area contributed by atoms with Crippen molar-refractivity contribution in [2.45, 2.75) is 5.03 Å². The van der Waals surface area contributed by atoms with E-state index in [1.165, 1.54) is 11.8 Å². The molecule has 1 aromatic heterocycles. The van der Waals surface area contributed by atoms with Crippen LogP contribution >= 0.6 is 11.8 Å². The number of ether oxygens (including phenoxy) is 4. The predicted molar refractivity (Wildman–Crippen MR) is 124 cm³/mol. The van der Waals surface area contributed by atoms with Crippen molar-refractivity contribution in [1.82, 2.24) is 4.98 Å². The highest BCUT2D eigenvalue weighted by Gasteiger charge is 2.15. The fraction of sp³-hybridized carbons (Fsp3) is 0.208. The van der Waals surface area contributed by atoms with Gasteiger partial charge in [-0.2, -0.15) is 5.26 Å². The first-order valence-electron chi connectivity index (χ1n) is 10.1. The number of amides is 1. The van der Waals surface area contributed by atoms with E-state index in [4.69, 9.17) is 18.9 Å². The van der Waals surface area contributed by atoms with Crippen molar-refractivity contribution in [1.29, 1.82) is 5.26 Å². The first-order valence-corrected chi connectivity index (χ1v) is 11.1. The quantitative estimate of drug-likeness (QED) is 0.522. The average Bonchev–Trinajstić information content (AvgIpc) is 2.86. The van der Waals surface area contributed by atoms with Crippen LogP contribution in [-0.4, -0.2) is 44.1 Å². The van der Waals surface area contributed by atoms with Gasteiger partial charge in [-0.05, 0) is 42.5 Å². The van der Waals surface area contributed by atoms with Crippen LogP contribution in [0.2, 0.25) is 0 Å². The number of pyridine rings is 1. The number of hydrogen-bond donors (Lipinski definition) is 1. The monoisotopic (exact) mass is 463 g/mol. The molecule has 0 bridgehead atoms. The molecule has 4 rings (SSSR count). The summed E-state index contributed by atoms with van der Waals surface area (Å²) in [4.78, 5) is 17.1. The molecular weight excluding hydrogens is 442 g/mol. The molecular formula is C24H21N3O5S. The topological polar surface area (TPSA) is 103 Å².